The Labute approximate surface area is 176 Å². The molecule has 0 saturated heterocycles. The molecule has 0 aliphatic rings. The third-order valence-corrected chi connectivity index (χ3v) is 5.74. The van der Waals surface area contributed by atoms with Crippen LogP contribution in [-0.4, -0.2) is 42.1 Å². The zero-order valence-corrected chi connectivity index (χ0v) is 18.7. The lowest BCUT2D eigenvalue weighted by Gasteiger charge is -2.22. The molecule has 1 aromatic heterocycles. The van der Waals surface area contributed by atoms with E-state index in [-0.39, 0.29) is 17.7 Å². The van der Waals surface area contributed by atoms with Gasteiger partial charge in [0, 0.05) is 31.8 Å². The van der Waals surface area contributed by atoms with E-state index in [9.17, 15) is 9.59 Å². The molecule has 2 N–H and O–H groups in total. The lowest BCUT2D eigenvalue weighted by Crippen LogP contribution is -2.47. The molecule has 0 saturated carbocycles. The second-order valence-electron chi connectivity index (χ2n) is 7.38. The molecule has 8 heteroatoms. The average molecular weight is 418 g/mol. The van der Waals surface area contributed by atoms with Crippen LogP contribution in [-0.2, 0) is 9.59 Å². The van der Waals surface area contributed by atoms with Crippen LogP contribution in [0.1, 0.15) is 46.5 Å². The molecular formula is C21H31N5O2S. The standard InChI is InChI=1S/C21H31N5O2S/c1-6-8-9-17(27)22-18(14(3)7-2)19(28)23-21-25-24-20(29-21)15-10-12-16(13-11-15)26(4)5/h10-14,18H,6-9H2,1-5H3,(H,22,27)(H,23,25,28)/t14-,18+/m0/s1. The molecule has 158 valence electrons. The number of unbranched alkanes of at least 4 members (excludes halogenated alkanes) is 1. The van der Waals surface area contributed by atoms with E-state index in [2.05, 4.69) is 20.8 Å². The van der Waals surface area contributed by atoms with Gasteiger partial charge in [-0.2, -0.15) is 0 Å². The maximum absolute atomic E-state index is 12.8. The Kier molecular flexibility index (Phi) is 8.57. The number of amides is 2. The summed E-state index contributed by atoms with van der Waals surface area (Å²) < 4.78 is 0. The number of nitrogens with one attached hydrogen (secondary N) is 2. The van der Waals surface area contributed by atoms with Crippen molar-refractivity contribution in [2.45, 2.75) is 52.5 Å². The van der Waals surface area contributed by atoms with E-state index < -0.39 is 6.04 Å². The van der Waals surface area contributed by atoms with Crippen molar-refractivity contribution in [3.63, 3.8) is 0 Å². The smallest absolute Gasteiger partial charge is 0.249 e. The van der Waals surface area contributed by atoms with E-state index in [1.54, 1.807) is 0 Å². The molecule has 1 heterocycles. The Morgan fingerprint density at radius 1 is 1.14 bits per heavy atom. The fourth-order valence-corrected chi connectivity index (χ4v) is 3.51. The molecule has 0 fully saturated rings. The minimum absolute atomic E-state index is 0.0200. The van der Waals surface area contributed by atoms with Crippen LogP contribution in [0.25, 0.3) is 10.6 Å². The fraction of sp³-hybridized carbons (Fsp3) is 0.524. The molecule has 0 aliphatic carbocycles. The summed E-state index contributed by atoms with van der Waals surface area (Å²) >= 11 is 1.32. The van der Waals surface area contributed by atoms with Crippen LogP contribution in [0, 0.1) is 5.92 Å². The first kappa shape index (κ1) is 22.8. The van der Waals surface area contributed by atoms with Gasteiger partial charge in [0.05, 0.1) is 0 Å². The van der Waals surface area contributed by atoms with Crippen molar-refractivity contribution in [1.82, 2.24) is 15.5 Å². The van der Waals surface area contributed by atoms with E-state index in [0.29, 0.717) is 11.6 Å². The second-order valence-corrected chi connectivity index (χ2v) is 8.35. The number of benzene rings is 1. The van der Waals surface area contributed by atoms with E-state index in [0.717, 1.165) is 35.5 Å². The number of rotatable bonds is 10. The van der Waals surface area contributed by atoms with Gasteiger partial charge in [-0.05, 0) is 36.6 Å². The van der Waals surface area contributed by atoms with Crippen molar-refractivity contribution < 1.29 is 9.59 Å². The van der Waals surface area contributed by atoms with Gasteiger partial charge in [0.2, 0.25) is 16.9 Å². The van der Waals surface area contributed by atoms with Gasteiger partial charge in [-0.25, -0.2) is 0 Å². The summed E-state index contributed by atoms with van der Waals surface area (Å²) in [5.41, 5.74) is 2.04. The van der Waals surface area contributed by atoms with Crippen molar-refractivity contribution in [3.8, 4) is 10.6 Å². The van der Waals surface area contributed by atoms with E-state index in [1.165, 1.54) is 11.3 Å². The van der Waals surface area contributed by atoms with Gasteiger partial charge >= 0.3 is 0 Å². The Morgan fingerprint density at radius 2 is 1.83 bits per heavy atom. The lowest BCUT2D eigenvalue weighted by molar-refractivity contribution is -0.127. The number of hydrogen-bond donors (Lipinski definition) is 2. The van der Waals surface area contributed by atoms with Gasteiger partial charge in [0.25, 0.3) is 0 Å². The highest BCUT2D eigenvalue weighted by Gasteiger charge is 2.26. The molecule has 29 heavy (non-hydrogen) atoms. The van der Waals surface area contributed by atoms with Crippen LogP contribution >= 0.6 is 11.3 Å². The van der Waals surface area contributed by atoms with Crippen LogP contribution < -0.4 is 15.5 Å². The van der Waals surface area contributed by atoms with Crippen LogP contribution in [0.15, 0.2) is 24.3 Å². The first-order valence-electron chi connectivity index (χ1n) is 10.1. The summed E-state index contributed by atoms with van der Waals surface area (Å²) in [5.74, 6) is -0.326. The van der Waals surface area contributed by atoms with Crippen LogP contribution in [0.3, 0.4) is 0 Å². The molecule has 7 nitrogen and oxygen atoms in total. The highest BCUT2D eigenvalue weighted by Crippen LogP contribution is 2.28. The zero-order chi connectivity index (χ0) is 21.4. The minimum atomic E-state index is -0.587. The normalized spacial score (nSPS) is 12.9. The Hall–Kier alpha value is -2.48. The Bertz CT molecular complexity index is 804. The number of hydrogen-bond acceptors (Lipinski definition) is 6. The van der Waals surface area contributed by atoms with Gasteiger partial charge in [0.1, 0.15) is 11.0 Å². The predicted molar refractivity (Wildman–Crippen MR) is 119 cm³/mol. The predicted octanol–water partition coefficient (Wildman–Crippen LogP) is 3.93. The molecular weight excluding hydrogens is 386 g/mol. The number of carbonyl (C=O) groups is 2. The molecule has 2 rings (SSSR count). The Balaban J connectivity index is 2.06. The monoisotopic (exact) mass is 417 g/mol. The highest BCUT2D eigenvalue weighted by atomic mass is 32.1. The molecule has 2 atom stereocenters. The molecule has 0 spiro atoms. The molecule has 0 radical (unpaired) electrons. The van der Waals surface area contributed by atoms with Gasteiger partial charge in [-0.3, -0.25) is 14.9 Å². The van der Waals surface area contributed by atoms with E-state index >= 15 is 0 Å². The van der Waals surface area contributed by atoms with Gasteiger partial charge in [-0.15, -0.1) is 10.2 Å². The largest absolute Gasteiger partial charge is 0.378 e. The quantitative estimate of drug-likeness (QED) is 0.612. The summed E-state index contributed by atoms with van der Waals surface area (Å²) in [4.78, 5) is 27.0. The third kappa shape index (κ3) is 6.52. The third-order valence-electron chi connectivity index (χ3n) is 4.86. The van der Waals surface area contributed by atoms with E-state index in [4.69, 9.17) is 0 Å². The van der Waals surface area contributed by atoms with Gasteiger partial charge in [-0.1, -0.05) is 44.9 Å². The molecule has 0 bridgehead atoms. The van der Waals surface area contributed by atoms with Crippen LogP contribution in [0.2, 0.25) is 0 Å². The summed E-state index contributed by atoms with van der Waals surface area (Å²) in [7, 11) is 3.98. The van der Waals surface area contributed by atoms with Crippen molar-refractivity contribution in [3.05, 3.63) is 24.3 Å². The molecule has 1 aromatic carbocycles. The number of nitrogens with zero attached hydrogens (tertiary/aromatic N) is 3. The maximum Gasteiger partial charge on any atom is 0.249 e. The minimum Gasteiger partial charge on any atom is -0.378 e. The average Bonchev–Trinajstić information content (AvgIpc) is 3.18. The summed E-state index contributed by atoms with van der Waals surface area (Å²) in [5, 5.41) is 15.2. The van der Waals surface area contributed by atoms with Gasteiger partial charge < -0.3 is 10.2 Å². The molecule has 2 aromatic rings. The van der Waals surface area contributed by atoms with E-state index in [1.807, 2.05) is 64.0 Å². The van der Waals surface area contributed by atoms with Crippen molar-refractivity contribution >= 4 is 34.0 Å². The van der Waals surface area contributed by atoms with Crippen LogP contribution in [0.5, 0.6) is 0 Å². The van der Waals surface area contributed by atoms with Crippen molar-refractivity contribution in [2.75, 3.05) is 24.3 Å². The number of aromatic nitrogens is 2. The summed E-state index contributed by atoms with van der Waals surface area (Å²) in [6.45, 7) is 6.00. The molecule has 0 aliphatic heterocycles. The summed E-state index contributed by atoms with van der Waals surface area (Å²) in [6, 6.07) is 7.41. The highest BCUT2D eigenvalue weighted by molar-refractivity contribution is 7.18. The molecule has 2 amide bonds. The fourth-order valence-electron chi connectivity index (χ4n) is 2.76. The maximum atomic E-state index is 12.8. The number of carbonyl (C=O) groups excluding carboxylic acids is 2. The van der Waals surface area contributed by atoms with Gasteiger partial charge in [0.15, 0.2) is 0 Å². The van der Waals surface area contributed by atoms with Crippen molar-refractivity contribution in [1.29, 1.82) is 0 Å². The number of anilines is 2. The topological polar surface area (TPSA) is 87.2 Å². The van der Waals surface area contributed by atoms with Crippen molar-refractivity contribution in [2.24, 2.45) is 5.92 Å². The first-order chi connectivity index (χ1) is 13.8. The summed E-state index contributed by atoms with van der Waals surface area (Å²) in [6.07, 6.45) is 2.97. The SMILES string of the molecule is CCCCC(=O)N[C@@H](C(=O)Nc1nnc(-c2ccc(N(C)C)cc2)s1)[C@@H](C)CC. The molecule has 0 unspecified atom stereocenters. The lowest BCUT2D eigenvalue weighted by atomic mass is 9.98. The zero-order valence-electron chi connectivity index (χ0n) is 17.9. The van der Waals surface area contributed by atoms with Crippen LogP contribution in [0.4, 0.5) is 10.8 Å². The Morgan fingerprint density at radius 3 is 2.41 bits per heavy atom. The second kappa shape index (κ2) is 10.9. The first-order valence-corrected chi connectivity index (χ1v) is 10.9.